The van der Waals surface area contributed by atoms with Gasteiger partial charge in [0.15, 0.2) is 6.29 Å². The summed E-state index contributed by atoms with van der Waals surface area (Å²) < 4.78 is 12.0. The van der Waals surface area contributed by atoms with Gasteiger partial charge in [0.05, 0.1) is 6.10 Å². The van der Waals surface area contributed by atoms with E-state index in [1.165, 1.54) is 12.0 Å². The van der Waals surface area contributed by atoms with E-state index in [0.717, 1.165) is 31.4 Å². The zero-order valence-electron chi connectivity index (χ0n) is 19.0. The molecule has 1 saturated heterocycles. The normalized spacial score (nSPS) is 19.0. The lowest BCUT2D eigenvalue weighted by molar-refractivity contribution is -0.190. The van der Waals surface area contributed by atoms with Crippen LogP contribution in [0, 0.1) is 11.5 Å². The molecule has 1 aromatic carbocycles. The molecule has 1 heterocycles. The molecule has 1 fully saturated rings. The average Bonchev–Trinajstić information content (AvgIpc) is 2.67. The molecule has 0 bridgehead atoms. The van der Waals surface area contributed by atoms with Gasteiger partial charge >= 0.3 is 0 Å². The van der Waals surface area contributed by atoms with Gasteiger partial charge in [-0.3, -0.25) is 0 Å². The molecule has 1 aliphatic heterocycles. The molecule has 3 heteroatoms. The Bertz CT molecular complexity index is 624. The first-order chi connectivity index (χ1) is 13.3. The Kier molecular flexibility index (Phi) is 8.80. The molecule has 0 saturated carbocycles. The minimum absolute atomic E-state index is 0.0482. The van der Waals surface area contributed by atoms with Gasteiger partial charge in [-0.1, -0.05) is 66.5 Å². The van der Waals surface area contributed by atoms with Crippen LogP contribution in [0.25, 0.3) is 0 Å². The monoisotopic (exact) mass is 400 g/mol. The van der Waals surface area contributed by atoms with Crippen molar-refractivity contribution in [2.24, 2.45) is 0 Å². The molecule has 0 N–H and O–H groups in total. The van der Waals surface area contributed by atoms with E-state index in [9.17, 15) is 0 Å². The van der Waals surface area contributed by atoms with E-state index in [1.807, 2.05) is 0 Å². The van der Waals surface area contributed by atoms with Crippen molar-refractivity contribution in [3.63, 3.8) is 0 Å². The summed E-state index contributed by atoms with van der Waals surface area (Å²) >= 11 is 0. The Balaban J connectivity index is 2.16. The molecule has 1 aliphatic rings. The first kappa shape index (κ1) is 23.2. The van der Waals surface area contributed by atoms with Crippen molar-refractivity contribution in [2.75, 3.05) is 6.61 Å². The average molecular weight is 401 g/mol. The highest BCUT2D eigenvalue weighted by Crippen LogP contribution is 2.40. The Morgan fingerprint density at radius 1 is 1.00 bits per heavy atom. The maximum absolute atomic E-state index is 6.22. The molecule has 1 unspecified atom stereocenters. The van der Waals surface area contributed by atoms with E-state index >= 15 is 0 Å². The number of ether oxygens (including phenoxy) is 2. The first-order valence-electron chi connectivity index (χ1n) is 11.2. The highest BCUT2D eigenvalue weighted by molar-refractivity contribution is 6.90. The predicted octanol–water partition coefficient (Wildman–Crippen LogP) is 7.25. The van der Waals surface area contributed by atoms with Gasteiger partial charge in [0.1, 0.15) is 8.07 Å². The van der Waals surface area contributed by atoms with Crippen LogP contribution in [0.15, 0.2) is 24.3 Å². The largest absolute Gasteiger partial charge is 0.353 e. The second-order valence-corrected chi connectivity index (χ2v) is 14.7. The Hall–Kier alpha value is -1.08. The third kappa shape index (κ3) is 5.50. The van der Waals surface area contributed by atoms with Crippen LogP contribution >= 0.6 is 0 Å². The summed E-state index contributed by atoms with van der Waals surface area (Å²) in [6, 6.07) is 8.70. The summed E-state index contributed by atoms with van der Waals surface area (Å²) in [5.74, 6) is 3.54. The zero-order chi connectivity index (χ0) is 20.7. The Morgan fingerprint density at radius 3 is 2.07 bits per heavy atom. The fraction of sp³-hybridized carbons (Fsp3) is 0.680. The maximum Gasteiger partial charge on any atom is 0.158 e. The van der Waals surface area contributed by atoms with Crippen molar-refractivity contribution in [1.29, 1.82) is 0 Å². The summed E-state index contributed by atoms with van der Waals surface area (Å²) in [5.41, 5.74) is 8.13. The number of benzene rings is 1. The van der Waals surface area contributed by atoms with Gasteiger partial charge in [0, 0.05) is 12.2 Å². The van der Waals surface area contributed by atoms with Crippen LogP contribution in [0.5, 0.6) is 0 Å². The summed E-state index contributed by atoms with van der Waals surface area (Å²) in [4.78, 5) is 0. The second-order valence-electron chi connectivity index (χ2n) is 9.10. The lowest BCUT2D eigenvalue weighted by atomic mass is 10.0. The van der Waals surface area contributed by atoms with E-state index in [2.05, 4.69) is 84.2 Å². The summed E-state index contributed by atoms with van der Waals surface area (Å²) in [7, 11) is -1.68. The molecule has 2 rings (SSSR count). The number of hydrogen-bond acceptors (Lipinski definition) is 2. The van der Waals surface area contributed by atoms with Crippen molar-refractivity contribution in [3.05, 3.63) is 35.4 Å². The van der Waals surface area contributed by atoms with Gasteiger partial charge in [-0.05, 0) is 60.0 Å². The van der Waals surface area contributed by atoms with Crippen LogP contribution in [-0.2, 0) is 9.47 Å². The van der Waals surface area contributed by atoms with Crippen LogP contribution in [0.3, 0.4) is 0 Å². The third-order valence-corrected chi connectivity index (χ3v) is 12.7. The molecule has 0 amide bonds. The molecule has 0 aliphatic carbocycles. The van der Waals surface area contributed by atoms with E-state index in [-0.39, 0.29) is 12.4 Å². The molecule has 1 aromatic rings. The first-order valence-corrected chi connectivity index (χ1v) is 13.4. The smallest absolute Gasteiger partial charge is 0.158 e. The highest BCUT2D eigenvalue weighted by atomic mass is 28.3. The van der Waals surface area contributed by atoms with Gasteiger partial charge in [0.25, 0.3) is 0 Å². The quantitative estimate of drug-likeness (QED) is 0.354. The molecular weight excluding hydrogens is 360 g/mol. The van der Waals surface area contributed by atoms with Crippen molar-refractivity contribution >= 4 is 8.07 Å². The molecule has 28 heavy (non-hydrogen) atoms. The molecule has 0 spiro atoms. The zero-order valence-corrected chi connectivity index (χ0v) is 20.0. The fourth-order valence-corrected chi connectivity index (χ4v) is 10.0. The van der Waals surface area contributed by atoms with Crippen molar-refractivity contribution in [1.82, 2.24) is 0 Å². The minimum Gasteiger partial charge on any atom is -0.353 e. The van der Waals surface area contributed by atoms with Crippen LogP contribution < -0.4 is 0 Å². The molecule has 2 atom stereocenters. The van der Waals surface area contributed by atoms with Gasteiger partial charge in [0.2, 0.25) is 0 Å². The number of hydrogen-bond donors (Lipinski definition) is 0. The van der Waals surface area contributed by atoms with E-state index in [0.29, 0.717) is 16.6 Å². The van der Waals surface area contributed by atoms with Gasteiger partial charge < -0.3 is 9.47 Å². The molecule has 2 nitrogen and oxygen atoms in total. The van der Waals surface area contributed by atoms with E-state index < -0.39 is 8.07 Å². The third-order valence-electron chi connectivity index (χ3n) is 6.40. The van der Waals surface area contributed by atoms with Crippen LogP contribution in [-0.4, -0.2) is 21.0 Å². The lowest BCUT2D eigenvalue weighted by Gasteiger charge is -2.38. The van der Waals surface area contributed by atoms with E-state index in [4.69, 9.17) is 9.47 Å². The molecule has 0 radical (unpaired) electrons. The summed E-state index contributed by atoms with van der Waals surface area (Å²) in [5, 5.41) is 0. The lowest BCUT2D eigenvalue weighted by Crippen LogP contribution is -2.43. The Morgan fingerprint density at radius 2 is 1.61 bits per heavy atom. The second kappa shape index (κ2) is 10.6. The highest BCUT2D eigenvalue weighted by Gasteiger charge is 2.41. The summed E-state index contributed by atoms with van der Waals surface area (Å²) in [6.07, 6.45) is 4.36. The Labute approximate surface area is 174 Å². The molecule has 156 valence electrons. The summed E-state index contributed by atoms with van der Waals surface area (Å²) in [6.45, 7) is 17.2. The van der Waals surface area contributed by atoms with Crippen molar-refractivity contribution < 1.29 is 9.47 Å². The standard InChI is InChI=1S/C25H40O2Si/c1-8-24(27-25-11-9-10-17-26-25)23-14-12-22(13-15-23)16-18-28(19(2)3,20(4)5)21(6)7/h12-15,19-21,24-25H,8-11,17H2,1-7H3/t24-,25?/m0/s1. The van der Waals surface area contributed by atoms with Crippen molar-refractivity contribution in [2.45, 2.75) is 103 Å². The van der Waals surface area contributed by atoms with Gasteiger partial charge in [-0.15, -0.1) is 5.54 Å². The fourth-order valence-electron chi connectivity index (χ4n) is 4.81. The minimum atomic E-state index is -1.68. The SMILES string of the molecule is CC[C@H](OC1CCCCO1)c1ccc(C#C[Si](C(C)C)(C(C)C)C(C)C)cc1. The molecule has 0 aromatic heterocycles. The van der Waals surface area contributed by atoms with Crippen LogP contribution in [0.1, 0.15) is 91.4 Å². The predicted molar refractivity (Wildman–Crippen MR) is 122 cm³/mol. The maximum atomic E-state index is 6.22. The van der Waals surface area contributed by atoms with E-state index in [1.54, 1.807) is 0 Å². The number of rotatable bonds is 7. The van der Waals surface area contributed by atoms with Gasteiger partial charge in [-0.2, -0.15) is 0 Å². The van der Waals surface area contributed by atoms with Crippen LogP contribution in [0.2, 0.25) is 16.6 Å². The topological polar surface area (TPSA) is 18.5 Å². The van der Waals surface area contributed by atoms with Crippen molar-refractivity contribution in [3.8, 4) is 11.5 Å². The van der Waals surface area contributed by atoms with Crippen LogP contribution in [0.4, 0.5) is 0 Å². The molecular formula is C25H40O2Si. The van der Waals surface area contributed by atoms with Gasteiger partial charge in [-0.25, -0.2) is 0 Å².